The van der Waals surface area contributed by atoms with Crippen LogP contribution >= 0.6 is 23.2 Å². The number of anilines is 2. The smallest absolute Gasteiger partial charge is 0.255 e. The van der Waals surface area contributed by atoms with Gasteiger partial charge in [0.15, 0.2) is 0 Å². The Morgan fingerprint density at radius 3 is 2.70 bits per heavy atom. The molecule has 0 bridgehead atoms. The van der Waals surface area contributed by atoms with Gasteiger partial charge in [0.05, 0.1) is 5.57 Å². The average molecular weight is 401 g/mol. The molecule has 0 spiro atoms. The Hall–Kier alpha value is -2.90. The van der Waals surface area contributed by atoms with E-state index in [1.54, 1.807) is 25.1 Å². The number of fused-ring (bicyclic) bond motifs is 1. The van der Waals surface area contributed by atoms with Gasteiger partial charge in [-0.2, -0.15) is 4.68 Å². The second-order valence-electron chi connectivity index (χ2n) is 6.00. The predicted molar refractivity (Wildman–Crippen MR) is 104 cm³/mol. The largest absolute Gasteiger partial charge is 0.326 e. The number of para-hydroxylation sites is 1. The van der Waals surface area contributed by atoms with Crippen molar-refractivity contribution in [3.63, 3.8) is 0 Å². The van der Waals surface area contributed by atoms with Gasteiger partial charge in [-0.05, 0) is 41.6 Å². The number of rotatable bonds is 3. The van der Waals surface area contributed by atoms with E-state index in [2.05, 4.69) is 26.2 Å². The number of nitrogens with one attached hydrogen (secondary N) is 2. The number of allylic oxidation sites excluding steroid dienone is 1. The van der Waals surface area contributed by atoms with Crippen LogP contribution in [0.25, 0.3) is 0 Å². The van der Waals surface area contributed by atoms with E-state index in [0.717, 1.165) is 0 Å². The SMILES string of the molecule is CC1=C(C(=O)Nc2ccccc2)[C@@H](c2ccc(Cl)cc2Cl)n2nnnc2N1. The van der Waals surface area contributed by atoms with E-state index < -0.39 is 6.04 Å². The Labute approximate surface area is 165 Å². The Bertz CT molecular complexity index is 1050. The maximum atomic E-state index is 13.1. The van der Waals surface area contributed by atoms with Crippen LogP contribution in [0, 0.1) is 0 Å². The van der Waals surface area contributed by atoms with Gasteiger partial charge < -0.3 is 10.6 Å². The second kappa shape index (κ2) is 7.02. The van der Waals surface area contributed by atoms with Gasteiger partial charge in [0.2, 0.25) is 5.95 Å². The van der Waals surface area contributed by atoms with Gasteiger partial charge >= 0.3 is 0 Å². The van der Waals surface area contributed by atoms with Crippen LogP contribution in [0.2, 0.25) is 10.0 Å². The number of benzene rings is 2. The molecule has 27 heavy (non-hydrogen) atoms. The lowest BCUT2D eigenvalue weighted by Gasteiger charge is -2.28. The minimum atomic E-state index is -0.593. The van der Waals surface area contributed by atoms with Crippen LogP contribution in [0.1, 0.15) is 18.5 Å². The summed E-state index contributed by atoms with van der Waals surface area (Å²) in [6.45, 7) is 1.80. The molecule has 1 atom stereocenters. The zero-order valence-electron chi connectivity index (χ0n) is 14.1. The molecule has 136 valence electrons. The van der Waals surface area contributed by atoms with Crippen LogP contribution in [0.4, 0.5) is 11.6 Å². The number of halogens is 2. The maximum absolute atomic E-state index is 13.1. The average Bonchev–Trinajstić information content (AvgIpc) is 3.09. The van der Waals surface area contributed by atoms with Crippen LogP contribution in [-0.2, 0) is 4.79 Å². The highest BCUT2D eigenvalue weighted by atomic mass is 35.5. The van der Waals surface area contributed by atoms with Crippen molar-refractivity contribution < 1.29 is 4.79 Å². The van der Waals surface area contributed by atoms with Crippen LogP contribution in [0.5, 0.6) is 0 Å². The summed E-state index contributed by atoms with van der Waals surface area (Å²) < 4.78 is 1.53. The zero-order valence-corrected chi connectivity index (χ0v) is 15.7. The van der Waals surface area contributed by atoms with E-state index in [0.29, 0.717) is 38.5 Å². The highest BCUT2D eigenvalue weighted by Gasteiger charge is 2.35. The number of nitrogens with zero attached hydrogens (tertiary/aromatic N) is 4. The molecule has 1 amide bonds. The van der Waals surface area contributed by atoms with Crippen molar-refractivity contribution in [3.8, 4) is 0 Å². The summed E-state index contributed by atoms with van der Waals surface area (Å²) in [5.41, 5.74) is 2.46. The number of hydrogen-bond acceptors (Lipinski definition) is 5. The molecule has 4 rings (SSSR count). The topological polar surface area (TPSA) is 84.7 Å². The van der Waals surface area contributed by atoms with Gasteiger partial charge in [-0.15, -0.1) is 0 Å². The van der Waals surface area contributed by atoms with Gasteiger partial charge in [0.1, 0.15) is 6.04 Å². The first-order valence-corrected chi connectivity index (χ1v) is 8.87. The highest BCUT2D eigenvalue weighted by molar-refractivity contribution is 6.35. The zero-order chi connectivity index (χ0) is 19.0. The monoisotopic (exact) mass is 400 g/mol. The molecule has 3 aromatic rings. The minimum absolute atomic E-state index is 0.275. The molecular formula is C18H14Cl2N6O. The Morgan fingerprint density at radius 1 is 1.19 bits per heavy atom. The van der Waals surface area contributed by atoms with Gasteiger partial charge in [-0.3, -0.25) is 4.79 Å². The summed E-state index contributed by atoms with van der Waals surface area (Å²) in [5, 5.41) is 18.6. The number of carbonyl (C=O) groups is 1. The van der Waals surface area contributed by atoms with Crippen molar-refractivity contribution in [3.05, 3.63) is 75.4 Å². The number of aromatic nitrogens is 4. The fourth-order valence-corrected chi connectivity index (χ4v) is 3.55. The fraction of sp³-hybridized carbons (Fsp3) is 0.111. The van der Waals surface area contributed by atoms with Crippen LogP contribution in [-0.4, -0.2) is 26.1 Å². The molecule has 2 N–H and O–H groups in total. The van der Waals surface area contributed by atoms with Crippen molar-refractivity contribution in [1.82, 2.24) is 20.2 Å². The number of hydrogen-bond donors (Lipinski definition) is 2. The Balaban J connectivity index is 1.81. The van der Waals surface area contributed by atoms with Crippen LogP contribution < -0.4 is 10.6 Å². The molecule has 1 aromatic heterocycles. The van der Waals surface area contributed by atoms with E-state index in [1.165, 1.54) is 4.68 Å². The van der Waals surface area contributed by atoms with E-state index >= 15 is 0 Å². The fourth-order valence-electron chi connectivity index (χ4n) is 3.04. The van der Waals surface area contributed by atoms with Crippen molar-refractivity contribution in [2.45, 2.75) is 13.0 Å². The quantitative estimate of drug-likeness (QED) is 0.695. The Morgan fingerprint density at radius 2 is 1.96 bits per heavy atom. The van der Waals surface area contributed by atoms with Crippen molar-refractivity contribution in [2.24, 2.45) is 0 Å². The molecular weight excluding hydrogens is 387 g/mol. The van der Waals surface area contributed by atoms with Crippen molar-refractivity contribution in [2.75, 3.05) is 10.6 Å². The Kier molecular flexibility index (Phi) is 4.55. The van der Waals surface area contributed by atoms with E-state index in [-0.39, 0.29) is 5.91 Å². The van der Waals surface area contributed by atoms with Crippen molar-refractivity contribution in [1.29, 1.82) is 0 Å². The van der Waals surface area contributed by atoms with Gasteiger partial charge in [0, 0.05) is 27.0 Å². The van der Waals surface area contributed by atoms with Crippen LogP contribution in [0.15, 0.2) is 59.8 Å². The molecule has 1 aliphatic rings. The lowest BCUT2D eigenvalue weighted by molar-refractivity contribution is -0.113. The molecule has 0 aliphatic carbocycles. The third-order valence-corrected chi connectivity index (χ3v) is 4.81. The maximum Gasteiger partial charge on any atom is 0.255 e. The summed E-state index contributed by atoms with van der Waals surface area (Å²) in [6, 6.07) is 13.7. The third kappa shape index (κ3) is 3.27. The second-order valence-corrected chi connectivity index (χ2v) is 6.84. The lowest BCUT2D eigenvalue weighted by Crippen LogP contribution is -2.31. The first kappa shape index (κ1) is 17.5. The molecule has 0 saturated carbocycles. The summed E-state index contributed by atoms with van der Waals surface area (Å²) in [5.74, 6) is 0.156. The number of amides is 1. The standard InChI is InChI=1S/C18H14Cl2N6O/c1-10-15(17(27)22-12-5-3-2-4-6-12)16(26-18(21-10)23-24-25-26)13-8-7-11(19)9-14(13)20/h2-9,16H,1H3,(H,22,27)(H,21,23,25)/t16-/m1/s1. The molecule has 0 fully saturated rings. The summed E-state index contributed by atoms with van der Waals surface area (Å²) in [7, 11) is 0. The predicted octanol–water partition coefficient (Wildman–Crippen LogP) is 3.91. The third-order valence-electron chi connectivity index (χ3n) is 4.25. The summed E-state index contributed by atoms with van der Waals surface area (Å²) >= 11 is 12.5. The molecule has 2 aromatic carbocycles. The molecule has 0 unspecified atom stereocenters. The summed E-state index contributed by atoms with van der Waals surface area (Å²) in [4.78, 5) is 13.1. The van der Waals surface area contributed by atoms with Crippen molar-refractivity contribution >= 4 is 40.7 Å². The lowest BCUT2D eigenvalue weighted by atomic mass is 9.95. The van der Waals surface area contributed by atoms with E-state index in [9.17, 15) is 4.79 Å². The molecule has 2 heterocycles. The molecule has 0 saturated heterocycles. The van der Waals surface area contributed by atoms with Gasteiger partial charge in [-0.25, -0.2) is 0 Å². The molecule has 9 heteroatoms. The van der Waals surface area contributed by atoms with E-state index in [1.807, 2.05) is 30.3 Å². The normalized spacial score (nSPS) is 15.9. The van der Waals surface area contributed by atoms with Crippen LogP contribution in [0.3, 0.4) is 0 Å². The van der Waals surface area contributed by atoms with Gasteiger partial charge in [0.25, 0.3) is 5.91 Å². The number of tetrazole rings is 1. The summed E-state index contributed by atoms with van der Waals surface area (Å²) in [6.07, 6.45) is 0. The minimum Gasteiger partial charge on any atom is -0.326 e. The molecule has 7 nitrogen and oxygen atoms in total. The molecule has 0 radical (unpaired) electrons. The van der Waals surface area contributed by atoms with E-state index in [4.69, 9.17) is 23.2 Å². The highest BCUT2D eigenvalue weighted by Crippen LogP contribution is 2.38. The number of carbonyl (C=O) groups excluding carboxylic acids is 1. The molecule has 1 aliphatic heterocycles. The van der Waals surface area contributed by atoms with Gasteiger partial charge in [-0.1, -0.05) is 52.6 Å². The first-order valence-electron chi connectivity index (χ1n) is 8.11. The first-order chi connectivity index (χ1) is 13.0.